The third kappa shape index (κ3) is 2.38. The third-order valence-corrected chi connectivity index (χ3v) is 2.17. The van der Waals surface area contributed by atoms with Gasteiger partial charge in [-0.25, -0.2) is 0 Å². The first-order chi connectivity index (χ1) is 5.74. The van der Waals surface area contributed by atoms with E-state index in [2.05, 4.69) is 5.32 Å². The highest BCUT2D eigenvalue weighted by Crippen LogP contribution is 2.17. The Morgan fingerprint density at radius 1 is 1.83 bits per heavy atom. The topological polar surface area (TPSA) is 29.1 Å². The molecule has 12 heavy (non-hydrogen) atoms. The molecule has 1 N–H and O–H groups in total. The maximum Gasteiger partial charge on any atom is 0.207 e. The monoisotopic (exact) mass is 185 g/mol. The van der Waals surface area contributed by atoms with Gasteiger partial charge in [0.25, 0.3) is 0 Å². The summed E-state index contributed by atoms with van der Waals surface area (Å²) < 4.78 is 0. The molecule has 0 aromatic heterocycles. The van der Waals surface area contributed by atoms with Crippen molar-refractivity contribution in [1.29, 1.82) is 0 Å². The lowest BCUT2D eigenvalue weighted by Crippen LogP contribution is -2.26. The van der Waals surface area contributed by atoms with Crippen molar-refractivity contribution in [2.45, 2.75) is 24.8 Å². The Morgan fingerprint density at radius 2 is 2.58 bits per heavy atom. The first-order valence-electron chi connectivity index (χ1n) is 3.96. The van der Waals surface area contributed by atoms with E-state index in [0.717, 1.165) is 12.0 Å². The molecule has 0 aromatic carbocycles. The molecule has 1 aliphatic carbocycles. The summed E-state index contributed by atoms with van der Waals surface area (Å²) in [6, 6.07) is 0.0558. The van der Waals surface area contributed by atoms with Crippen LogP contribution in [0.1, 0.15) is 13.3 Å². The Bertz CT molecular complexity index is 223. The fourth-order valence-corrected chi connectivity index (χ4v) is 1.40. The van der Waals surface area contributed by atoms with Crippen LogP contribution in [-0.2, 0) is 4.79 Å². The molecular formula is C9H12ClNO. The van der Waals surface area contributed by atoms with Crippen LogP contribution >= 0.6 is 11.6 Å². The van der Waals surface area contributed by atoms with Crippen LogP contribution < -0.4 is 5.32 Å². The van der Waals surface area contributed by atoms with E-state index in [1.165, 1.54) is 0 Å². The molecule has 66 valence electrons. The van der Waals surface area contributed by atoms with Crippen LogP contribution in [-0.4, -0.2) is 17.8 Å². The zero-order valence-corrected chi connectivity index (χ0v) is 7.71. The van der Waals surface area contributed by atoms with Crippen molar-refractivity contribution < 1.29 is 4.79 Å². The Kier molecular flexibility index (Phi) is 3.35. The molecule has 1 rings (SSSR count). The second kappa shape index (κ2) is 4.31. The predicted molar refractivity (Wildman–Crippen MR) is 50.1 cm³/mol. The SMILES string of the molecule is C[C@@H](NC=O)C1=CC(Cl)CC=C1. The number of alkyl halides is 1. The average molecular weight is 186 g/mol. The zero-order chi connectivity index (χ0) is 8.97. The molecule has 2 atom stereocenters. The summed E-state index contributed by atoms with van der Waals surface area (Å²) in [5, 5.41) is 2.75. The van der Waals surface area contributed by atoms with Gasteiger partial charge in [-0.1, -0.05) is 18.2 Å². The van der Waals surface area contributed by atoms with Gasteiger partial charge in [0.2, 0.25) is 6.41 Å². The minimum absolute atomic E-state index is 0.0558. The van der Waals surface area contributed by atoms with Gasteiger partial charge in [-0.05, 0) is 18.9 Å². The highest BCUT2D eigenvalue weighted by atomic mass is 35.5. The van der Waals surface area contributed by atoms with Crippen molar-refractivity contribution >= 4 is 18.0 Å². The van der Waals surface area contributed by atoms with E-state index in [0.29, 0.717) is 6.41 Å². The van der Waals surface area contributed by atoms with Gasteiger partial charge in [-0.15, -0.1) is 11.6 Å². The normalized spacial score (nSPS) is 24.5. The van der Waals surface area contributed by atoms with E-state index >= 15 is 0 Å². The van der Waals surface area contributed by atoms with Gasteiger partial charge in [0.15, 0.2) is 0 Å². The van der Waals surface area contributed by atoms with Gasteiger partial charge in [-0.3, -0.25) is 4.79 Å². The van der Waals surface area contributed by atoms with E-state index in [4.69, 9.17) is 11.6 Å². The molecule has 0 fully saturated rings. The second-order valence-corrected chi connectivity index (χ2v) is 3.39. The number of amides is 1. The van der Waals surface area contributed by atoms with Crippen molar-refractivity contribution in [3.8, 4) is 0 Å². The highest BCUT2D eigenvalue weighted by Gasteiger charge is 2.10. The maximum absolute atomic E-state index is 10.1. The van der Waals surface area contributed by atoms with Gasteiger partial charge in [0.1, 0.15) is 0 Å². The molecule has 0 saturated heterocycles. The lowest BCUT2D eigenvalue weighted by Gasteiger charge is -2.16. The van der Waals surface area contributed by atoms with Crippen LogP contribution in [0.5, 0.6) is 0 Å². The Balaban J connectivity index is 2.60. The first kappa shape index (κ1) is 9.33. The number of nitrogens with one attached hydrogen (secondary N) is 1. The van der Waals surface area contributed by atoms with Crippen LogP contribution in [0.15, 0.2) is 23.8 Å². The standard InChI is InChI=1S/C9H12ClNO/c1-7(11-6-12)8-3-2-4-9(10)5-8/h2-3,5-7,9H,4H2,1H3,(H,11,12)/t7-,9?/m1/s1. The molecule has 0 aliphatic heterocycles. The summed E-state index contributed by atoms with van der Waals surface area (Å²) in [6.07, 6.45) is 7.58. The number of rotatable bonds is 3. The molecule has 0 bridgehead atoms. The fraction of sp³-hybridized carbons (Fsp3) is 0.444. The molecule has 0 saturated carbocycles. The highest BCUT2D eigenvalue weighted by molar-refractivity contribution is 6.22. The molecular weight excluding hydrogens is 174 g/mol. The van der Waals surface area contributed by atoms with Crippen LogP contribution in [0.4, 0.5) is 0 Å². The van der Waals surface area contributed by atoms with E-state index in [1.54, 1.807) is 0 Å². The van der Waals surface area contributed by atoms with E-state index in [9.17, 15) is 4.79 Å². The smallest absolute Gasteiger partial charge is 0.207 e. The molecule has 0 aromatic rings. The third-order valence-electron chi connectivity index (χ3n) is 1.86. The van der Waals surface area contributed by atoms with E-state index < -0.39 is 0 Å². The van der Waals surface area contributed by atoms with Gasteiger partial charge in [-0.2, -0.15) is 0 Å². The van der Waals surface area contributed by atoms with E-state index in [1.807, 2.05) is 25.2 Å². The van der Waals surface area contributed by atoms with Gasteiger partial charge >= 0.3 is 0 Å². The summed E-state index contributed by atoms with van der Waals surface area (Å²) in [7, 11) is 0. The van der Waals surface area contributed by atoms with Crippen molar-refractivity contribution in [1.82, 2.24) is 5.32 Å². The minimum atomic E-state index is 0.0558. The molecule has 3 heteroatoms. The van der Waals surface area contributed by atoms with Crippen molar-refractivity contribution in [3.63, 3.8) is 0 Å². The van der Waals surface area contributed by atoms with E-state index in [-0.39, 0.29) is 11.4 Å². The fourth-order valence-electron chi connectivity index (χ4n) is 1.15. The summed E-state index contributed by atoms with van der Waals surface area (Å²) in [4.78, 5) is 10.1. The van der Waals surface area contributed by atoms with Gasteiger partial charge < -0.3 is 5.32 Å². The Hall–Kier alpha value is -0.760. The van der Waals surface area contributed by atoms with Crippen molar-refractivity contribution in [2.75, 3.05) is 0 Å². The number of carbonyl (C=O) groups is 1. The summed E-state index contributed by atoms with van der Waals surface area (Å²) in [6.45, 7) is 1.93. The van der Waals surface area contributed by atoms with Crippen LogP contribution in [0.3, 0.4) is 0 Å². The van der Waals surface area contributed by atoms with Crippen LogP contribution in [0.2, 0.25) is 0 Å². The molecule has 0 radical (unpaired) electrons. The summed E-state index contributed by atoms with van der Waals surface area (Å²) in [5.74, 6) is 0. The Labute approximate surface area is 77.3 Å². The molecule has 1 aliphatic rings. The number of hydrogen-bond acceptors (Lipinski definition) is 1. The largest absolute Gasteiger partial charge is 0.352 e. The maximum atomic E-state index is 10.1. The Morgan fingerprint density at radius 3 is 3.17 bits per heavy atom. The van der Waals surface area contributed by atoms with Crippen LogP contribution in [0, 0.1) is 0 Å². The lowest BCUT2D eigenvalue weighted by atomic mass is 10.0. The summed E-state index contributed by atoms with van der Waals surface area (Å²) in [5.41, 5.74) is 1.08. The zero-order valence-electron chi connectivity index (χ0n) is 6.96. The predicted octanol–water partition coefficient (Wildman–Crippen LogP) is 1.61. The van der Waals surface area contributed by atoms with Crippen molar-refractivity contribution in [3.05, 3.63) is 23.8 Å². The molecule has 0 heterocycles. The number of carbonyl (C=O) groups excluding carboxylic acids is 1. The number of allylic oxidation sites excluding steroid dienone is 2. The quantitative estimate of drug-likeness (QED) is 0.526. The number of hydrogen-bond donors (Lipinski definition) is 1. The van der Waals surface area contributed by atoms with Crippen LogP contribution in [0.25, 0.3) is 0 Å². The lowest BCUT2D eigenvalue weighted by molar-refractivity contribution is -0.109. The molecule has 2 nitrogen and oxygen atoms in total. The molecule has 0 spiro atoms. The second-order valence-electron chi connectivity index (χ2n) is 2.83. The minimum Gasteiger partial charge on any atom is -0.352 e. The molecule has 1 amide bonds. The number of halogens is 1. The average Bonchev–Trinajstić information content (AvgIpc) is 2.05. The van der Waals surface area contributed by atoms with Crippen molar-refractivity contribution in [2.24, 2.45) is 0 Å². The van der Waals surface area contributed by atoms with Gasteiger partial charge in [0, 0.05) is 0 Å². The molecule has 1 unspecified atom stereocenters. The summed E-state index contributed by atoms with van der Waals surface area (Å²) >= 11 is 5.91. The van der Waals surface area contributed by atoms with Gasteiger partial charge in [0.05, 0.1) is 11.4 Å². The first-order valence-corrected chi connectivity index (χ1v) is 4.39.